The van der Waals surface area contributed by atoms with Crippen LogP contribution in [0.2, 0.25) is 0 Å². The zero-order valence-corrected chi connectivity index (χ0v) is 11.6. The van der Waals surface area contributed by atoms with E-state index >= 15 is 0 Å². The van der Waals surface area contributed by atoms with Gasteiger partial charge in [0, 0.05) is 31.9 Å². The van der Waals surface area contributed by atoms with Crippen LogP contribution in [0.5, 0.6) is 5.75 Å². The topological polar surface area (TPSA) is 73.6 Å². The third-order valence-electron chi connectivity index (χ3n) is 3.34. The van der Waals surface area contributed by atoms with E-state index in [-0.39, 0.29) is 5.91 Å². The molecule has 1 fully saturated rings. The fourth-order valence-corrected chi connectivity index (χ4v) is 2.21. The zero-order valence-electron chi connectivity index (χ0n) is 11.6. The highest BCUT2D eigenvalue weighted by molar-refractivity contribution is 5.94. The maximum atomic E-state index is 12.0. The van der Waals surface area contributed by atoms with Crippen LogP contribution in [-0.4, -0.2) is 38.8 Å². The Morgan fingerprint density at radius 1 is 1.50 bits per heavy atom. The number of rotatable bonds is 7. The van der Waals surface area contributed by atoms with Crippen molar-refractivity contribution >= 4 is 5.91 Å². The van der Waals surface area contributed by atoms with Crippen LogP contribution in [0.4, 0.5) is 0 Å². The predicted octanol–water partition coefficient (Wildman–Crippen LogP) is 1.18. The molecule has 3 N–H and O–H groups in total. The molecular weight excluding hydrogens is 256 g/mol. The monoisotopic (exact) mass is 278 g/mol. The molecule has 1 atom stereocenters. The highest BCUT2D eigenvalue weighted by atomic mass is 16.5. The van der Waals surface area contributed by atoms with Gasteiger partial charge in [-0.3, -0.25) is 4.79 Å². The largest absolute Gasteiger partial charge is 0.492 e. The molecule has 0 unspecified atom stereocenters. The Labute approximate surface area is 119 Å². The Morgan fingerprint density at radius 2 is 2.40 bits per heavy atom. The molecule has 0 saturated carbocycles. The lowest BCUT2D eigenvalue weighted by Crippen LogP contribution is -2.26. The van der Waals surface area contributed by atoms with Crippen LogP contribution in [0.3, 0.4) is 0 Å². The Morgan fingerprint density at radius 3 is 3.15 bits per heavy atom. The van der Waals surface area contributed by atoms with Crippen molar-refractivity contribution in [2.75, 3.05) is 32.9 Å². The molecule has 0 spiro atoms. The number of nitrogens with one attached hydrogen (secondary N) is 1. The third kappa shape index (κ3) is 4.51. The van der Waals surface area contributed by atoms with Gasteiger partial charge in [0.1, 0.15) is 12.4 Å². The van der Waals surface area contributed by atoms with Crippen LogP contribution in [0.25, 0.3) is 0 Å². The van der Waals surface area contributed by atoms with Gasteiger partial charge in [0.15, 0.2) is 0 Å². The van der Waals surface area contributed by atoms with Crippen LogP contribution in [-0.2, 0) is 4.74 Å². The molecule has 1 amide bonds. The van der Waals surface area contributed by atoms with Gasteiger partial charge in [-0.1, -0.05) is 6.07 Å². The molecule has 1 heterocycles. The predicted molar refractivity (Wildman–Crippen MR) is 76.9 cm³/mol. The van der Waals surface area contributed by atoms with Gasteiger partial charge >= 0.3 is 0 Å². The van der Waals surface area contributed by atoms with Crippen molar-refractivity contribution in [3.8, 4) is 5.75 Å². The number of hydrogen-bond donors (Lipinski definition) is 2. The normalized spacial score (nSPS) is 17.9. The summed E-state index contributed by atoms with van der Waals surface area (Å²) in [6, 6.07) is 7.15. The summed E-state index contributed by atoms with van der Waals surface area (Å²) in [7, 11) is 0. The molecule has 5 heteroatoms. The van der Waals surface area contributed by atoms with Crippen LogP contribution < -0.4 is 15.8 Å². The minimum atomic E-state index is -0.0675. The Balaban J connectivity index is 1.78. The number of benzene rings is 1. The number of carbonyl (C=O) groups excluding carboxylic acids is 1. The smallest absolute Gasteiger partial charge is 0.251 e. The first-order chi connectivity index (χ1) is 9.79. The summed E-state index contributed by atoms with van der Waals surface area (Å²) in [4.78, 5) is 12.0. The molecule has 0 aliphatic carbocycles. The number of carbonyl (C=O) groups is 1. The van der Waals surface area contributed by atoms with E-state index in [1.807, 2.05) is 12.1 Å². The van der Waals surface area contributed by atoms with Crippen LogP contribution in [0.15, 0.2) is 24.3 Å². The molecule has 1 aromatic rings. The van der Waals surface area contributed by atoms with Gasteiger partial charge < -0.3 is 20.5 Å². The number of nitrogens with two attached hydrogens (primary N) is 1. The van der Waals surface area contributed by atoms with Crippen molar-refractivity contribution in [1.29, 1.82) is 0 Å². The maximum absolute atomic E-state index is 12.0. The minimum Gasteiger partial charge on any atom is -0.492 e. The number of hydrogen-bond acceptors (Lipinski definition) is 4. The van der Waals surface area contributed by atoms with Crippen molar-refractivity contribution in [2.45, 2.75) is 12.8 Å². The van der Waals surface area contributed by atoms with Crippen LogP contribution in [0, 0.1) is 5.92 Å². The average Bonchev–Trinajstić information content (AvgIpc) is 2.98. The summed E-state index contributed by atoms with van der Waals surface area (Å²) in [5.41, 5.74) is 6.00. The van der Waals surface area contributed by atoms with E-state index in [1.165, 1.54) is 0 Å². The molecule has 0 bridgehead atoms. The Kier molecular flexibility index (Phi) is 5.83. The zero-order chi connectivity index (χ0) is 14.2. The fraction of sp³-hybridized carbons (Fsp3) is 0.533. The second-order valence-corrected chi connectivity index (χ2v) is 4.94. The van der Waals surface area contributed by atoms with Gasteiger partial charge in [-0.25, -0.2) is 0 Å². The SMILES string of the molecule is NCCOc1cccc(C(=O)NCC[C@@H]2CCOC2)c1. The Bertz CT molecular complexity index is 431. The summed E-state index contributed by atoms with van der Waals surface area (Å²) < 4.78 is 10.7. The van der Waals surface area contributed by atoms with Crippen molar-refractivity contribution in [3.05, 3.63) is 29.8 Å². The standard InChI is InChI=1S/C15H22N2O3/c16-6-9-20-14-3-1-2-13(10-14)15(18)17-7-4-12-5-8-19-11-12/h1-3,10,12H,4-9,11,16H2,(H,17,18)/t12-/m1/s1. The molecule has 1 aromatic carbocycles. The lowest BCUT2D eigenvalue weighted by molar-refractivity contribution is 0.0950. The molecular formula is C15H22N2O3. The number of amides is 1. The third-order valence-corrected chi connectivity index (χ3v) is 3.34. The Hall–Kier alpha value is -1.59. The summed E-state index contributed by atoms with van der Waals surface area (Å²) in [6.45, 7) is 3.25. The maximum Gasteiger partial charge on any atom is 0.251 e. The second kappa shape index (κ2) is 7.87. The van der Waals surface area contributed by atoms with Crippen LogP contribution in [0.1, 0.15) is 23.2 Å². The van der Waals surface area contributed by atoms with Crippen LogP contribution >= 0.6 is 0 Å². The van der Waals surface area contributed by atoms with E-state index in [0.717, 1.165) is 26.1 Å². The highest BCUT2D eigenvalue weighted by Crippen LogP contribution is 2.16. The quantitative estimate of drug-likeness (QED) is 0.785. The van der Waals surface area contributed by atoms with E-state index in [9.17, 15) is 4.79 Å². The summed E-state index contributed by atoms with van der Waals surface area (Å²) in [6.07, 6.45) is 2.06. The van der Waals surface area contributed by atoms with Crippen molar-refractivity contribution in [3.63, 3.8) is 0 Å². The molecule has 1 saturated heterocycles. The molecule has 110 valence electrons. The summed E-state index contributed by atoms with van der Waals surface area (Å²) in [5.74, 6) is 1.18. The second-order valence-electron chi connectivity index (χ2n) is 4.94. The van der Waals surface area contributed by atoms with Gasteiger partial charge in [0.05, 0.1) is 0 Å². The molecule has 1 aliphatic heterocycles. The van der Waals surface area contributed by atoms with Crippen molar-refractivity contribution in [2.24, 2.45) is 11.7 Å². The van der Waals surface area contributed by atoms with Gasteiger partial charge in [0.2, 0.25) is 0 Å². The van der Waals surface area contributed by atoms with Gasteiger partial charge in [-0.05, 0) is 37.0 Å². The molecule has 0 aromatic heterocycles. The first kappa shape index (κ1) is 14.8. The lowest BCUT2D eigenvalue weighted by Gasteiger charge is -2.10. The summed E-state index contributed by atoms with van der Waals surface area (Å²) in [5, 5.41) is 2.93. The lowest BCUT2D eigenvalue weighted by atomic mass is 10.1. The van der Waals surface area contributed by atoms with E-state index in [0.29, 0.717) is 36.9 Å². The van der Waals surface area contributed by atoms with Gasteiger partial charge in [-0.2, -0.15) is 0 Å². The highest BCUT2D eigenvalue weighted by Gasteiger charge is 2.15. The molecule has 1 aliphatic rings. The van der Waals surface area contributed by atoms with E-state index in [1.54, 1.807) is 12.1 Å². The average molecular weight is 278 g/mol. The van der Waals surface area contributed by atoms with E-state index in [2.05, 4.69) is 5.32 Å². The van der Waals surface area contributed by atoms with Crippen molar-refractivity contribution in [1.82, 2.24) is 5.32 Å². The first-order valence-corrected chi connectivity index (χ1v) is 7.08. The molecule has 5 nitrogen and oxygen atoms in total. The van der Waals surface area contributed by atoms with E-state index < -0.39 is 0 Å². The minimum absolute atomic E-state index is 0.0675. The number of ether oxygens (including phenoxy) is 2. The van der Waals surface area contributed by atoms with Gasteiger partial charge in [-0.15, -0.1) is 0 Å². The summed E-state index contributed by atoms with van der Waals surface area (Å²) >= 11 is 0. The fourth-order valence-electron chi connectivity index (χ4n) is 2.21. The van der Waals surface area contributed by atoms with Crippen molar-refractivity contribution < 1.29 is 14.3 Å². The molecule has 0 radical (unpaired) electrons. The first-order valence-electron chi connectivity index (χ1n) is 7.08. The molecule has 20 heavy (non-hydrogen) atoms. The van der Waals surface area contributed by atoms with Gasteiger partial charge in [0.25, 0.3) is 5.91 Å². The van der Waals surface area contributed by atoms with E-state index in [4.69, 9.17) is 15.2 Å². The molecule has 2 rings (SSSR count).